The fourth-order valence-corrected chi connectivity index (χ4v) is 2.28. The van der Waals surface area contributed by atoms with Crippen molar-refractivity contribution < 1.29 is 14.8 Å². The highest BCUT2D eigenvalue weighted by atomic mass is 16.6. The van der Waals surface area contributed by atoms with Gasteiger partial charge in [-0.05, 0) is 12.8 Å². The highest BCUT2D eigenvalue weighted by molar-refractivity contribution is 5.80. The number of carbonyl (C=O) groups is 1. The van der Waals surface area contributed by atoms with E-state index >= 15 is 0 Å². The van der Waals surface area contributed by atoms with Gasteiger partial charge in [0.25, 0.3) is 0 Å². The summed E-state index contributed by atoms with van der Waals surface area (Å²) in [5.41, 5.74) is 0. The normalized spacial score (nSPS) is 14.0. The third kappa shape index (κ3) is 17.9. The number of aliphatic carboxylic acids is 1. The fraction of sp³-hybridized carbons (Fsp3) is 0.409. The molecule has 1 N–H and O–H groups in total. The van der Waals surface area contributed by atoms with Crippen molar-refractivity contribution in [3.8, 4) is 0 Å². The molecule has 0 aromatic heterocycles. The van der Waals surface area contributed by atoms with Gasteiger partial charge in [-0.2, -0.15) is 0 Å². The first-order valence-electron chi connectivity index (χ1n) is 9.44. The molecule has 0 aliphatic rings. The van der Waals surface area contributed by atoms with Gasteiger partial charge in [0, 0.05) is 23.8 Å². The highest BCUT2D eigenvalue weighted by Gasteiger charge is 2.17. The third-order valence-corrected chi connectivity index (χ3v) is 3.73. The van der Waals surface area contributed by atoms with E-state index in [9.17, 15) is 14.9 Å². The van der Waals surface area contributed by atoms with E-state index < -0.39 is 12.0 Å². The van der Waals surface area contributed by atoms with E-state index in [2.05, 4.69) is 6.92 Å². The number of nitrogens with zero attached hydrogens (tertiary/aromatic N) is 1. The second-order valence-corrected chi connectivity index (χ2v) is 6.03. The molecule has 0 radical (unpaired) electrons. The molecule has 0 spiro atoms. The Kier molecular flexibility index (Phi) is 16.3. The number of allylic oxidation sites excluding steroid dienone is 11. The minimum absolute atomic E-state index is 0.142. The van der Waals surface area contributed by atoms with Crippen LogP contribution in [0.2, 0.25) is 0 Å². The van der Waals surface area contributed by atoms with E-state index in [0.717, 1.165) is 31.8 Å². The Morgan fingerprint density at radius 3 is 1.96 bits per heavy atom. The smallest absolute Gasteiger partial charge is 0.328 e. The summed E-state index contributed by atoms with van der Waals surface area (Å²) in [5.74, 6) is -0.970. The Balaban J connectivity index is 3.98. The van der Waals surface area contributed by atoms with Gasteiger partial charge >= 0.3 is 5.97 Å². The standard InChI is InChI=1S/C22H31NO4/c1-2-3-4-15-18-21(23(26)27)19-16-13-11-9-7-5-6-8-10-12-14-17-20-22(24)25/h5-14,17,20-21H,2-4,15-16,18-19H2,1H3,(H,24,25). The van der Waals surface area contributed by atoms with Crippen molar-refractivity contribution in [2.75, 3.05) is 0 Å². The maximum absolute atomic E-state index is 11.1. The summed E-state index contributed by atoms with van der Waals surface area (Å²) in [5, 5.41) is 19.5. The van der Waals surface area contributed by atoms with Crippen molar-refractivity contribution in [3.63, 3.8) is 0 Å². The first-order chi connectivity index (χ1) is 13.1. The van der Waals surface area contributed by atoms with Crippen LogP contribution in [0.15, 0.2) is 72.9 Å². The van der Waals surface area contributed by atoms with Crippen molar-refractivity contribution in [3.05, 3.63) is 83.0 Å². The Morgan fingerprint density at radius 2 is 1.44 bits per heavy atom. The van der Waals surface area contributed by atoms with E-state index in [1.807, 2.05) is 42.5 Å². The van der Waals surface area contributed by atoms with E-state index in [1.54, 1.807) is 18.2 Å². The number of rotatable bonds is 15. The molecule has 148 valence electrons. The zero-order chi connectivity index (χ0) is 20.2. The quantitative estimate of drug-likeness (QED) is 0.129. The molecule has 0 aromatic rings. The molecule has 0 amide bonds. The first-order valence-corrected chi connectivity index (χ1v) is 9.44. The van der Waals surface area contributed by atoms with Crippen LogP contribution in [0.1, 0.15) is 51.9 Å². The lowest BCUT2D eigenvalue weighted by Crippen LogP contribution is -2.18. The largest absolute Gasteiger partial charge is 0.478 e. The van der Waals surface area contributed by atoms with Crippen LogP contribution in [0.25, 0.3) is 0 Å². The van der Waals surface area contributed by atoms with Crippen LogP contribution in [0, 0.1) is 10.1 Å². The number of nitro groups is 1. The summed E-state index contributed by atoms with van der Waals surface area (Å²) in [7, 11) is 0. The van der Waals surface area contributed by atoms with Gasteiger partial charge in [0.05, 0.1) is 0 Å². The number of carboxylic acid groups (broad SMARTS) is 1. The van der Waals surface area contributed by atoms with Crippen LogP contribution < -0.4 is 0 Å². The van der Waals surface area contributed by atoms with E-state index in [1.165, 1.54) is 6.08 Å². The zero-order valence-corrected chi connectivity index (χ0v) is 16.1. The van der Waals surface area contributed by atoms with Gasteiger partial charge in [-0.1, -0.05) is 93.0 Å². The van der Waals surface area contributed by atoms with Gasteiger partial charge in [0.1, 0.15) is 0 Å². The molecule has 0 aromatic carbocycles. The predicted molar refractivity (Wildman–Crippen MR) is 111 cm³/mol. The maximum atomic E-state index is 11.1. The van der Waals surface area contributed by atoms with Crippen LogP contribution in [-0.2, 0) is 4.79 Å². The first kappa shape index (κ1) is 24.3. The zero-order valence-electron chi connectivity index (χ0n) is 16.1. The van der Waals surface area contributed by atoms with Crippen molar-refractivity contribution in [2.45, 2.75) is 57.9 Å². The number of hydrogen-bond donors (Lipinski definition) is 1. The topological polar surface area (TPSA) is 80.4 Å². The van der Waals surface area contributed by atoms with Crippen molar-refractivity contribution in [1.82, 2.24) is 0 Å². The van der Waals surface area contributed by atoms with Crippen LogP contribution >= 0.6 is 0 Å². The SMILES string of the molecule is CCCCCCC(CCC=CC=CC=CC=CC=CC=CC(=O)O)[N+](=O)[O-]. The molecule has 0 rings (SSSR count). The molecule has 0 saturated carbocycles. The van der Waals surface area contributed by atoms with E-state index in [-0.39, 0.29) is 4.92 Å². The molecule has 0 aliphatic heterocycles. The van der Waals surface area contributed by atoms with Gasteiger partial charge in [-0.15, -0.1) is 0 Å². The maximum Gasteiger partial charge on any atom is 0.328 e. The molecule has 1 unspecified atom stereocenters. The Labute approximate surface area is 162 Å². The lowest BCUT2D eigenvalue weighted by molar-refractivity contribution is -0.524. The van der Waals surface area contributed by atoms with E-state index in [0.29, 0.717) is 19.3 Å². The Morgan fingerprint density at radius 1 is 0.889 bits per heavy atom. The molecule has 27 heavy (non-hydrogen) atoms. The highest BCUT2D eigenvalue weighted by Crippen LogP contribution is 2.12. The Bertz CT molecular complexity index is 583. The molecule has 0 fully saturated rings. The molecule has 0 heterocycles. The van der Waals surface area contributed by atoms with Crippen LogP contribution in [0.5, 0.6) is 0 Å². The third-order valence-electron chi connectivity index (χ3n) is 3.73. The summed E-state index contributed by atoms with van der Waals surface area (Å²) in [6.07, 6.45) is 27.2. The summed E-state index contributed by atoms with van der Waals surface area (Å²) in [6.45, 7) is 2.13. The average molecular weight is 373 g/mol. The van der Waals surface area contributed by atoms with Gasteiger partial charge in [0.15, 0.2) is 0 Å². The summed E-state index contributed by atoms with van der Waals surface area (Å²) in [6, 6.07) is -0.432. The second-order valence-electron chi connectivity index (χ2n) is 6.03. The van der Waals surface area contributed by atoms with Crippen molar-refractivity contribution in [1.29, 1.82) is 0 Å². The average Bonchev–Trinajstić information content (AvgIpc) is 2.63. The van der Waals surface area contributed by atoms with Crippen LogP contribution in [0.4, 0.5) is 0 Å². The summed E-state index contributed by atoms with van der Waals surface area (Å²) >= 11 is 0. The molecule has 5 nitrogen and oxygen atoms in total. The molecule has 5 heteroatoms. The molecular weight excluding hydrogens is 342 g/mol. The van der Waals surface area contributed by atoms with E-state index in [4.69, 9.17) is 5.11 Å². The lowest BCUT2D eigenvalue weighted by Gasteiger charge is -2.07. The minimum Gasteiger partial charge on any atom is -0.478 e. The second kappa shape index (κ2) is 18.1. The van der Waals surface area contributed by atoms with Gasteiger partial charge in [-0.3, -0.25) is 10.1 Å². The number of unbranched alkanes of at least 4 members (excludes halogenated alkanes) is 3. The monoisotopic (exact) mass is 373 g/mol. The molecular formula is C22H31NO4. The predicted octanol–water partition coefficient (Wildman–Crippen LogP) is 5.80. The van der Waals surface area contributed by atoms with Gasteiger partial charge in [-0.25, -0.2) is 4.79 Å². The lowest BCUT2D eigenvalue weighted by atomic mass is 10.0. The molecule has 0 saturated heterocycles. The van der Waals surface area contributed by atoms with Gasteiger partial charge in [0.2, 0.25) is 6.04 Å². The van der Waals surface area contributed by atoms with Crippen molar-refractivity contribution >= 4 is 5.97 Å². The number of hydrogen-bond acceptors (Lipinski definition) is 3. The number of carboxylic acids is 1. The summed E-state index contributed by atoms with van der Waals surface area (Å²) in [4.78, 5) is 21.2. The molecule has 0 aliphatic carbocycles. The van der Waals surface area contributed by atoms with Crippen LogP contribution in [0.3, 0.4) is 0 Å². The van der Waals surface area contributed by atoms with Crippen molar-refractivity contribution in [2.24, 2.45) is 0 Å². The Hall–Kier alpha value is -2.69. The molecule has 0 bridgehead atoms. The summed E-state index contributed by atoms with van der Waals surface area (Å²) < 4.78 is 0. The van der Waals surface area contributed by atoms with Gasteiger partial charge < -0.3 is 5.11 Å². The fourth-order valence-electron chi connectivity index (χ4n) is 2.28. The van der Waals surface area contributed by atoms with Crippen LogP contribution in [-0.4, -0.2) is 22.0 Å². The molecule has 1 atom stereocenters. The minimum atomic E-state index is -0.970.